The molecule has 0 spiro atoms. The molecule has 15 heavy (non-hydrogen) atoms. The summed E-state index contributed by atoms with van der Waals surface area (Å²) in [6.07, 6.45) is 0. The first kappa shape index (κ1) is 14.2. The number of hydrogen-bond donors (Lipinski definition) is 3. The highest BCUT2D eigenvalue weighted by Crippen LogP contribution is 2.08. The first-order valence-electron chi connectivity index (χ1n) is 4.05. The van der Waals surface area contributed by atoms with E-state index in [0.717, 1.165) is 18.8 Å². The van der Waals surface area contributed by atoms with Crippen LogP contribution in [0.25, 0.3) is 0 Å². The summed E-state index contributed by atoms with van der Waals surface area (Å²) >= 11 is 1.03. The van der Waals surface area contributed by atoms with Gasteiger partial charge in [-0.2, -0.15) is 11.8 Å². The van der Waals surface area contributed by atoms with Crippen LogP contribution in [0.1, 0.15) is 0 Å². The molecule has 0 aromatic carbocycles. The molecule has 0 heterocycles. The fourth-order valence-corrected chi connectivity index (χ4v) is 1.82. The van der Waals surface area contributed by atoms with E-state index < -0.39 is 24.0 Å². The van der Waals surface area contributed by atoms with Gasteiger partial charge in [0.2, 0.25) is 0 Å². The topological polar surface area (TPSA) is 127 Å². The van der Waals surface area contributed by atoms with Crippen LogP contribution in [0, 0.1) is 5.21 Å². The lowest BCUT2D eigenvalue weighted by atomic mass is 10.3. The number of carboxylic acids is 2. The summed E-state index contributed by atoms with van der Waals surface area (Å²) in [6.45, 7) is 0. The third-order valence-corrected chi connectivity index (χ3v) is 2.76. The molecule has 0 fully saturated rings. The second-order valence-electron chi connectivity index (χ2n) is 2.88. The van der Waals surface area contributed by atoms with E-state index in [-0.39, 0.29) is 11.5 Å². The van der Waals surface area contributed by atoms with Gasteiger partial charge in [0.15, 0.2) is 0 Å². The average Bonchev–Trinajstić information content (AvgIpc) is 2.10. The maximum absolute atomic E-state index is 10.8. The van der Waals surface area contributed by atoms with Crippen molar-refractivity contribution in [2.75, 3.05) is 18.6 Å². The standard InChI is InChI=1S/C7H13N2O5S/c1-9(14)5(7(12)13)3-15-2-4(8)6(10)11/h4-5H,2-3,8H2,1H3,(H,10,11)(H,12,13)/q-1/t4-,5-/m0/s1. The maximum Gasteiger partial charge on any atom is 0.321 e. The molecule has 0 bridgehead atoms. The summed E-state index contributed by atoms with van der Waals surface area (Å²) in [7, 11) is 1.11. The Kier molecular flexibility index (Phi) is 6.25. The summed E-state index contributed by atoms with van der Waals surface area (Å²) in [5.74, 6) is -2.29. The third kappa shape index (κ3) is 5.57. The molecule has 4 N–H and O–H groups in total. The van der Waals surface area contributed by atoms with Crippen LogP contribution in [-0.2, 0) is 9.59 Å². The van der Waals surface area contributed by atoms with Gasteiger partial charge in [-0.25, -0.2) is 0 Å². The van der Waals surface area contributed by atoms with E-state index in [9.17, 15) is 14.8 Å². The largest absolute Gasteiger partial charge is 0.785 e. The number of aliphatic carboxylic acids is 2. The van der Waals surface area contributed by atoms with Gasteiger partial charge in [0.05, 0.1) is 0 Å². The van der Waals surface area contributed by atoms with Crippen LogP contribution in [0.5, 0.6) is 0 Å². The molecule has 8 heteroatoms. The van der Waals surface area contributed by atoms with Crippen molar-refractivity contribution in [1.29, 1.82) is 0 Å². The van der Waals surface area contributed by atoms with E-state index >= 15 is 0 Å². The van der Waals surface area contributed by atoms with E-state index in [1.54, 1.807) is 0 Å². The SMILES string of the molecule is CN([O-])[C@@H](CSC[C@H](N)C(=O)O)C(=O)O. The zero-order valence-corrected chi connectivity index (χ0v) is 8.94. The van der Waals surface area contributed by atoms with Gasteiger partial charge in [-0.3, -0.25) is 9.59 Å². The number of likely N-dealkylation sites (N-methyl/N-ethyl adjacent to an activating group) is 1. The highest BCUT2D eigenvalue weighted by atomic mass is 32.2. The highest BCUT2D eigenvalue weighted by molar-refractivity contribution is 7.99. The van der Waals surface area contributed by atoms with Gasteiger partial charge in [0.1, 0.15) is 12.1 Å². The van der Waals surface area contributed by atoms with Crippen LogP contribution < -0.4 is 5.73 Å². The second-order valence-corrected chi connectivity index (χ2v) is 3.96. The Balaban J connectivity index is 3.92. The van der Waals surface area contributed by atoms with Crippen molar-refractivity contribution in [2.24, 2.45) is 5.73 Å². The number of carboxylic acid groups (broad SMARTS) is 2. The smallest absolute Gasteiger partial charge is 0.321 e. The summed E-state index contributed by atoms with van der Waals surface area (Å²) in [4.78, 5) is 20.9. The molecule has 0 saturated carbocycles. The van der Waals surface area contributed by atoms with E-state index in [2.05, 4.69) is 0 Å². The maximum atomic E-state index is 10.8. The minimum Gasteiger partial charge on any atom is -0.785 e. The van der Waals surface area contributed by atoms with Crippen LogP contribution in [0.15, 0.2) is 0 Å². The van der Waals surface area contributed by atoms with Crippen LogP contribution in [-0.4, -0.2) is 57.9 Å². The van der Waals surface area contributed by atoms with Crippen molar-refractivity contribution in [3.63, 3.8) is 0 Å². The van der Waals surface area contributed by atoms with Gasteiger partial charge in [0, 0.05) is 11.5 Å². The molecule has 0 radical (unpaired) electrons. The number of nitrogens with two attached hydrogens (primary N) is 1. The quantitative estimate of drug-likeness (QED) is 0.482. The summed E-state index contributed by atoms with van der Waals surface area (Å²) < 4.78 is 0. The van der Waals surface area contributed by atoms with Gasteiger partial charge in [-0.1, -0.05) is 0 Å². The molecule has 0 unspecified atom stereocenters. The first-order valence-corrected chi connectivity index (χ1v) is 5.20. The van der Waals surface area contributed by atoms with Crippen LogP contribution in [0.2, 0.25) is 0 Å². The number of rotatable bonds is 7. The molecule has 0 aromatic rings. The predicted molar refractivity (Wildman–Crippen MR) is 55.5 cm³/mol. The molecule has 0 rings (SSSR count). The lowest BCUT2D eigenvalue weighted by molar-refractivity contribution is -0.141. The first-order chi connectivity index (χ1) is 6.86. The van der Waals surface area contributed by atoms with Gasteiger partial charge in [-0.05, 0) is 7.05 Å². The Bertz CT molecular complexity index is 235. The molecular formula is C7H13N2O5S-. The number of carbonyl (C=O) groups is 2. The van der Waals surface area contributed by atoms with Gasteiger partial charge < -0.3 is 26.2 Å². The van der Waals surface area contributed by atoms with Crippen LogP contribution in [0.4, 0.5) is 0 Å². The van der Waals surface area contributed by atoms with Gasteiger partial charge in [-0.15, -0.1) is 0 Å². The van der Waals surface area contributed by atoms with Crippen molar-refractivity contribution in [2.45, 2.75) is 12.1 Å². The van der Waals surface area contributed by atoms with Gasteiger partial charge in [0.25, 0.3) is 0 Å². The fraction of sp³-hybridized carbons (Fsp3) is 0.714. The van der Waals surface area contributed by atoms with Crippen molar-refractivity contribution in [3.05, 3.63) is 5.21 Å². The van der Waals surface area contributed by atoms with Crippen LogP contribution in [0.3, 0.4) is 0 Å². The molecular weight excluding hydrogens is 224 g/mol. The van der Waals surface area contributed by atoms with Crippen molar-refractivity contribution in [1.82, 2.24) is 5.06 Å². The molecule has 0 saturated heterocycles. The van der Waals surface area contributed by atoms with Crippen LogP contribution >= 0.6 is 11.8 Å². The lowest BCUT2D eigenvalue weighted by Gasteiger charge is -2.29. The Hall–Kier alpha value is -0.830. The molecule has 2 atom stereocenters. The molecule has 0 amide bonds. The number of hydroxylamine groups is 2. The Morgan fingerprint density at radius 1 is 1.40 bits per heavy atom. The number of nitrogens with zero attached hydrogens (tertiary/aromatic N) is 1. The summed E-state index contributed by atoms with van der Waals surface area (Å²) in [5.41, 5.74) is 5.20. The summed E-state index contributed by atoms with van der Waals surface area (Å²) in [6, 6.07) is -2.21. The number of thioether (sulfide) groups is 1. The van der Waals surface area contributed by atoms with E-state index in [4.69, 9.17) is 15.9 Å². The highest BCUT2D eigenvalue weighted by Gasteiger charge is 2.18. The van der Waals surface area contributed by atoms with Crippen molar-refractivity contribution >= 4 is 23.7 Å². The zero-order chi connectivity index (χ0) is 12.0. The minimum absolute atomic E-state index is 0.0102. The molecule has 0 aliphatic heterocycles. The summed E-state index contributed by atoms with van der Waals surface area (Å²) in [5, 5.41) is 28.1. The molecule has 7 nitrogen and oxygen atoms in total. The van der Waals surface area contributed by atoms with Crippen molar-refractivity contribution < 1.29 is 19.8 Å². The normalized spacial score (nSPS) is 14.9. The Morgan fingerprint density at radius 2 is 1.93 bits per heavy atom. The van der Waals surface area contributed by atoms with E-state index in [0.29, 0.717) is 5.06 Å². The molecule has 88 valence electrons. The predicted octanol–water partition coefficient (Wildman–Crippen LogP) is -0.986. The molecule has 0 aromatic heterocycles. The molecule has 0 aliphatic carbocycles. The fourth-order valence-electron chi connectivity index (χ4n) is 0.710. The van der Waals surface area contributed by atoms with E-state index in [1.165, 1.54) is 0 Å². The van der Waals surface area contributed by atoms with Gasteiger partial charge >= 0.3 is 11.9 Å². The molecule has 0 aliphatic rings. The zero-order valence-electron chi connectivity index (χ0n) is 8.12. The lowest BCUT2D eigenvalue weighted by Crippen LogP contribution is -2.38. The third-order valence-electron chi connectivity index (χ3n) is 1.61. The average molecular weight is 237 g/mol. The van der Waals surface area contributed by atoms with E-state index in [1.807, 2.05) is 0 Å². The monoisotopic (exact) mass is 237 g/mol. The second kappa shape index (κ2) is 6.62. The van der Waals surface area contributed by atoms with Crippen molar-refractivity contribution in [3.8, 4) is 0 Å². The number of hydrogen-bond acceptors (Lipinski definition) is 6. The Labute approximate surface area is 90.8 Å². The minimum atomic E-state index is -1.23. The Morgan fingerprint density at radius 3 is 2.27 bits per heavy atom.